The molecule has 228 valence electrons. The molecule has 1 aromatic rings. The highest BCUT2D eigenvalue weighted by atomic mass is 28.4. The number of carbonyl (C=O) groups excluding carboxylic acids is 1. The van der Waals surface area contributed by atoms with E-state index in [1.165, 1.54) is 5.56 Å². The Morgan fingerprint density at radius 1 is 0.800 bits per heavy atom. The second-order valence-electron chi connectivity index (χ2n) is 14.0. The molecular formula is C34H61NO3Si2. The summed E-state index contributed by atoms with van der Waals surface area (Å²) in [5, 5.41) is 0. The van der Waals surface area contributed by atoms with Crippen LogP contribution in [0.15, 0.2) is 42.5 Å². The second kappa shape index (κ2) is 15.3. The molecular weight excluding hydrogens is 527 g/mol. The van der Waals surface area contributed by atoms with Crippen LogP contribution in [0.2, 0.25) is 33.2 Å². The second-order valence-corrected chi connectivity index (χ2v) is 24.8. The summed E-state index contributed by atoms with van der Waals surface area (Å²) in [5.41, 5.74) is 4.12. The molecule has 0 saturated heterocycles. The van der Waals surface area contributed by atoms with Gasteiger partial charge in [0, 0.05) is 19.2 Å². The van der Waals surface area contributed by atoms with Gasteiger partial charge in [0.25, 0.3) is 8.32 Å². The monoisotopic (exact) mass is 587 g/mol. The predicted octanol–water partition coefficient (Wildman–Crippen LogP) is 9.88. The SMILES string of the molecule is CC(C)[Si](OCCC[C@H]1C=CC[C@H](C(=O)O[Si](C(C)C)(C(C)C)C(C)C)N1Cc1ccccc1)(C(C)C)C(C)C. The third-order valence-electron chi connectivity index (χ3n) is 9.71. The molecule has 1 heterocycles. The third-order valence-corrected chi connectivity index (χ3v) is 21.8. The summed E-state index contributed by atoms with van der Waals surface area (Å²) < 4.78 is 13.6. The van der Waals surface area contributed by atoms with Gasteiger partial charge < -0.3 is 8.85 Å². The van der Waals surface area contributed by atoms with Crippen LogP contribution in [0.4, 0.5) is 0 Å². The predicted molar refractivity (Wildman–Crippen MR) is 177 cm³/mol. The fraction of sp³-hybridized carbons (Fsp3) is 0.735. The van der Waals surface area contributed by atoms with Crippen molar-refractivity contribution in [1.29, 1.82) is 0 Å². The highest BCUT2D eigenvalue weighted by Gasteiger charge is 2.50. The lowest BCUT2D eigenvalue weighted by molar-refractivity contribution is -0.143. The van der Waals surface area contributed by atoms with E-state index in [9.17, 15) is 4.79 Å². The van der Waals surface area contributed by atoms with Gasteiger partial charge in [0.05, 0.1) is 0 Å². The molecule has 0 amide bonds. The van der Waals surface area contributed by atoms with Crippen molar-refractivity contribution in [2.75, 3.05) is 6.61 Å². The molecule has 0 unspecified atom stereocenters. The van der Waals surface area contributed by atoms with Crippen LogP contribution in [0.1, 0.15) is 108 Å². The zero-order chi connectivity index (χ0) is 30.3. The lowest BCUT2D eigenvalue weighted by Gasteiger charge is -2.45. The first-order chi connectivity index (χ1) is 18.7. The van der Waals surface area contributed by atoms with Gasteiger partial charge in [-0.05, 0) is 58.1 Å². The Labute approximate surface area is 249 Å². The molecule has 0 N–H and O–H groups in total. The van der Waals surface area contributed by atoms with Crippen LogP contribution >= 0.6 is 0 Å². The Hall–Kier alpha value is -1.22. The van der Waals surface area contributed by atoms with Gasteiger partial charge in [-0.3, -0.25) is 9.69 Å². The minimum absolute atomic E-state index is 0.0184. The highest BCUT2D eigenvalue weighted by Crippen LogP contribution is 2.44. The summed E-state index contributed by atoms with van der Waals surface area (Å²) in [4.78, 5) is 16.5. The number of rotatable bonds is 15. The van der Waals surface area contributed by atoms with Crippen molar-refractivity contribution >= 4 is 22.6 Å². The minimum Gasteiger partial charge on any atom is -0.517 e. The van der Waals surface area contributed by atoms with Crippen molar-refractivity contribution in [3.05, 3.63) is 48.0 Å². The summed E-state index contributed by atoms with van der Waals surface area (Å²) in [5.74, 6) is -0.0184. The Balaban J connectivity index is 2.28. The van der Waals surface area contributed by atoms with Gasteiger partial charge in [-0.2, -0.15) is 0 Å². The zero-order valence-corrected chi connectivity index (χ0v) is 29.9. The summed E-state index contributed by atoms with van der Waals surface area (Å²) in [6.45, 7) is 29.1. The third kappa shape index (κ3) is 7.78. The van der Waals surface area contributed by atoms with Gasteiger partial charge in [-0.1, -0.05) is 126 Å². The first kappa shape index (κ1) is 35.0. The Kier molecular flexibility index (Phi) is 13.4. The average Bonchev–Trinajstić information content (AvgIpc) is 2.87. The molecule has 2 rings (SSSR count). The molecule has 1 aliphatic rings. The first-order valence-electron chi connectivity index (χ1n) is 16.0. The van der Waals surface area contributed by atoms with Crippen LogP contribution in [0.3, 0.4) is 0 Å². The molecule has 1 aromatic carbocycles. The van der Waals surface area contributed by atoms with Gasteiger partial charge >= 0.3 is 5.97 Å². The summed E-state index contributed by atoms with van der Waals surface area (Å²) in [6.07, 6.45) is 7.22. The zero-order valence-electron chi connectivity index (χ0n) is 27.9. The molecule has 0 saturated carbocycles. The quantitative estimate of drug-likeness (QED) is 0.116. The Morgan fingerprint density at radius 2 is 1.30 bits per heavy atom. The minimum atomic E-state index is -2.32. The summed E-state index contributed by atoms with van der Waals surface area (Å²) >= 11 is 0. The van der Waals surface area contributed by atoms with E-state index in [4.69, 9.17) is 8.85 Å². The highest BCUT2D eigenvalue weighted by molar-refractivity contribution is 6.79. The average molecular weight is 588 g/mol. The topological polar surface area (TPSA) is 38.8 Å². The van der Waals surface area contributed by atoms with Crippen molar-refractivity contribution in [2.24, 2.45) is 0 Å². The van der Waals surface area contributed by atoms with Gasteiger partial charge in [-0.15, -0.1) is 0 Å². The van der Waals surface area contributed by atoms with E-state index in [0.717, 1.165) is 26.0 Å². The van der Waals surface area contributed by atoms with E-state index < -0.39 is 16.6 Å². The van der Waals surface area contributed by atoms with Gasteiger partial charge in [0.2, 0.25) is 0 Å². The molecule has 0 spiro atoms. The standard InChI is InChI=1S/C34H61NO3Si2/c1-25(2)39(26(3)4,27(5)6)37-23-17-21-32-20-16-22-33(35(32)24-31-18-14-13-15-19-31)34(36)38-40(28(7)8,29(9)10)30(11)12/h13-16,18-20,25-30,32-33H,17,21-24H2,1-12H3/t32-,33-/m1/s1. The molecule has 0 fully saturated rings. The molecule has 4 nitrogen and oxygen atoms in total. The normalized spacial score (nSPS) is 19.1. The molecule has 0 bridgehead atoms. The molecule has 2 atom stereocenters. The van der Waals surface area contributed by atoms with Crippen LogP contribution in [0.5, 0.6) is 0 Å². The van der Waals surface area contributed by atoms with Gasteiger partial charge in [0.15, 0.2) is 8.32 Å². The maximum absolute atomic E-state index is 14.1. The van der Waals surface area contributed by atoms with E-state index >= 15 is 0 Å². The van der Waals surface area contributed by atoms with Gasteiger partial charge in [0.1, 0.15) is 6.04 Å². The van der Waals surface area contributed by atoms with Crippen LogP contribution in [-0.2, 0) is 20.2 Å². The molecule has 0 radical (unpaired) electrons. The fourth-order valence-corrected chi connectivity index (χ4v) is 18.7. The van der Waals surface area contributed by atoms with Crippen molar-refractivity contribution in [3.63, 3.8) is 0 Å². The maximum atomic E-state index is 14.1. The molecule has 1 aliphatic heterocycles. The fourth-order valence-electron chi connectivity index (χ4n) is 7.99. The van der Waals surface area contributed by atoms with E-state index in [1.807, 2.05) is 0 Å². The van der Waals surface area contributed by atoms with Crippen molar-refractivity contribution in [3.8, 4) is 0 Å². The maximum Gasteiger partial charge on any atom is 0.310 e. The lowest BCUT2D eigenvalue weighted by atomic mass is 9.98. The Bertz CT molecular complexity index is 883. The number of benzene rings is 1. The molecule has 0 aliphatic carbocycles. The van der Waals surface area contributed by atoms with Crippen LogP contribution in [0, 0.1) is 0 Å². The largest absolute Gasteiger partial charge is 0.517 e. The molecule has 6 heteroatoms. The number of hydrogen-bond donors (Lipinski definition) is 0. The Morgan fingerprint density at radius 3 is 1.77 bits per heavy atom. The van der Waals surface area contributed by atoms with Crippen LogP contribution in [0.25, 0.3) is 0 Å². The van der Waals surface area contributed by atoms with Gasteiger partial charge in [-0.25, -0.2) is 0 Å². The van der Waals surface area contributed by atoms with Crippen molar-refractivity contribution in [1.82, 2.24) is 4.90 Å². The van der Waals surface area contributed by atoms with Crippen molar-refractivity contribution < 1.29 is 13.6 Å². The number of carbonyl (C=O) groups is 1. The number of nitrogens with zero attached hydrogens (tertiary/aromatic N) is 1. The van der Waals surface area contributed by atoms with Crippen molar-refractivity contribution in [2.45, 2.75) is 154 Å². The van der Waals surface area contributed by atoms with Crippen LogP contribution < -0.4 is 0 Å². The summed E-state index contributed by atoms with van der Waals surface area (Å²) in [7, 11) is -4.20. The molecule has 0 aromatic heterocycles. The molecule has 40 heavy (non-hydrogen) atoms. The lowest BCUT2D eigenvalue weighted by Crippen LogP contribution is -2.55. The van der Waals surface area contributed by atoms with E-state index in [2.05, 4.69) is 130 Å². The summed E-state index contributed by atoms with van der Waals surface area (Å²) in [6, 6.07) is 10.5. The van der Waals surface area contributed by atoms with E-state index in [-0.39, 0.29) is 18.1 Å². The smallest absolute Gasteiger partial charge is 0.310 e. The van der Waals surface area contributed by atoms with Crippen LogP contribution in [-0.4, -0.2) is 46.2 Å². The van der Waals surface area contributed by atoms with E-state index in [0.29, 0.717) is 39.7 Å². The number of hydrogen-bond acceptors (Lipinski definition) is 4. The first-order valence-corrected chi connectivity index (χ1v) is 20.3. The van der Waals surface area contributed by atoms with E-state index in [1.54, 1.807) is 0 Å².